The van der Waals surface area contributed by atoms with Crippen molar-refractivity contribution in [3.8, 4) is 0 Å². The number of aliphatic carboxylic acids is 2. The predicted molar refractivity (Wildman–Crippen MR) is 109 cm³/mol. The van der Waals surface area contributed by atoms with Gasteiger partial charge in [-0.2, -0.15) is 0 Å². The van der Waals surface area contributed by atoms with Crippen LogP contribution in [0.15, 0.2) is 0 Å². The van der Waals surface area contributed by atoms with E-state index in [1.807, 2.05) is 0 Å². The number of hydrogen-bond acceptors (Lipinski definition) is 8. The number of nitrogens with one attached hydrogen (secondary N) is 3. The van der Waals surface area contributed by atoms with Gasteiger partial charge in [-0.15, -0.1) is 0 Å². The number of carboxylic acids is 2. The molecule has 0 saturated carbocycles. The Morgan fingerprint density at radius 1 is 0.906 bits per heavy atom. The van der Waals surface area contributed by atoms with E-state index in [0.717, 1.165) is 0 Å². The third kappa shape index (κ3) is 10.2. The van der Waals surface area contributed by atoms with Gasteiger partial charge in [-0.25, -0.2) is 4.79 Å². The Hall–Kier alpha value is -3.26. The summed E-state index contributed by atoms with van der Waals surface area (Å²) in [5.74, 6) is -6.92. The number of carbonyl (C=O) groups is 6. The number of nitrogens with two attached hydrogens (primary N) is 2. The summed E-state index contributed by atoms with van der Waals surface area (Å²) in [7, 11) is 0. The van der Waals surface area contributed by atoms with Crippen LogP contribution in [0.4, 0.5) is 0 Å². The molecular weight excluding hydrogens is 430 g/mol. The number of carboxylic acid groups (broad SMARTS) is 2. The normalized spacial score (nSPS) is 15.4. The van der Waals surface area contributed by atoms with E-state index in [9.17, 15) is 33.9 Å². The van der Waals surface area contributed by atoms with E-state index < -0.39 is 78.7 Å². The highest BCUT2D eigenvalue weighted by Gasteiger charge is 2.33. The fraction of sp³-hybridized carbons (Fsp3) is 0.667. The standard InChI is InChI=1S/C18H31N5O9/c1-3-8(2)14(17(30)21-10(18(31)32)6-13(26)27)23-16(29)11(7-24)22-15(28)9(19)4-5-12(20)25/h8-11,14,24H,3-7,19H2,1-2H3,(H2,20,25)(H,21,30)(H,22,28)(H,23,29)(H,26,27)(H,31,32). The first-order valence-electron chi connectivity index (χ1n) is 9.84. The van der Waals surface area contributed by atoms with E-state index in [-0.39, 0.29) is 12.8 Å². The van der Waals surface area contributed by atoms with Crippen LogP contribution in [-0.2, 0) is 28.8 Å². The van der Waals surface area contributed by atoms with E-state index in [1.54, 1.807) is 13.8 Å². The molecule has 14 nitrogen and oxygen atoms in total. The summed E-state index contributed by atoms with van der Waals surface area (Å²) in [6.07, 6.45) is -0.745. The molecule has 5 atom stereocenters. The summed E-state index contributed by atoms with van der Waals surface area (Å²) < 4.78 is 0. The molecule has 182 valence electrons. The maximum atomic E-state index is 12.6. The zero-order chi connectivity index (χ0) is 25.0. The fourth-order valence-electron chi connectivity index (χ4n) is 2.49. The molecule has 0 heterocycles. The Morgan fingerprint density at radius 3 is 1.91 bits per heavy atom. The van der Waals surface area contributed by atoms with Gasteiger partial charge in [0.05, 0.1) is 19.1 Å². The number of carbonyl (C=O) groups excluding carboxylic acids is 4. The minimum Gasteiger partial charge on any atom is -0.481 e. The summed E-state index contributed by atoms with van der Waals surface area (Å²) in [5, 5.41) is 34.0. The average Bonchev–Trinajstić information content (AvgIpc) is 2.71. The highest BCUT2D eigenvalue weighted by molar-refractivity contribution is 5.94. The smallest absolute Gasteiger partial charge is 0.326 e. The monoisotopic (exact) mass is 461 g/mol. The molecule has 0 aliphatic rings. The second kappa shape index (κ2) is 13.9. The van der Waals surface area contributed by atoms with Gasteiger partial charge in [-0.3, -0.25) is 24.0 Å². The first-order valence-corrected chi connectivity index (χ1v) is 9.84. The van der Waals surface area contributed by atoms with Crippen molar-refractivity contribution in [2.24, 2.45) is 17.4 Å². The largest absolute Gasteiger partial charge is 0.481 e. The number of hydrogen-bond donors (Lipinski definition) is 8. The van der Waals surface area contributed by atoms with Gasteiger partial charge in [0.2, 0.25) is 23.6 Å². The number of aliphatic hydroxyl groups excluding tert-OH is 1. The van der Waals surface area contributed by atoms with Gasteiger partial charge in [0, 0.05) is 6.42 Å². The van der Waals surface area contributed by atoms with E-state index in [0.29, 0.717) is 6.42 Å². The molecule has 0 fully saturated rings. The van der Waals surface area contributed by atoms with Crippen LogP contribution in [0.5, 0.6) is 0 Å². The lowest BCUT2D eigenvalue weighted by atomic mass is 9.97. The van der Waals surface area contributed by atoms with E-state index in [1.165, 1.54) is 0 Å². The molecule has 0 rings (SSSR count). The van der Waals surface area contributed by atoms with Gasteiger partial charge in [-0.05, 0) is 12.3 Å². The van der Waals surface area contributed by atoms with Crippen LogP contribution in [0.1, 0.15) is 39.5 Å². The van der Waals surface area contributed by atoms with Crippen molar-refractivity contribution in [2.75, 3.05) is 6.61 Å². The minimum absolute atomic E-state index is 0.0843. The molecule has 32 heavy (non-hydrogen) atoms. The molecule has 0 aromatic rings. The molecular formula is C18H31N5O9. The highest BCUT2D eigenvalue weighted by Crippen LogP contribution is 2.09. The third-order valence-corrected chi connectivity index (χ3v) is 4.64. The minimum atomic E-state index is -1.72. The molecule has 5 unspecified atom stereocenters. The van der Waals surface area contributed by atoms with Gasteiger partial charge >= 0.3 is 11.9 Å². The summed E-state index contributed by atoms with van der Waals surface area (Å²) >= 11 is 0. The average molecular weight is 461 g/mol. The first kappa shape index (κ1) is 28.7. The fourth-order valence-corrected chi connectivity index (χ4v) is 2.49. The van der Waals surface area contributed by atoms with Gasteiger partial charge < -0.3 is 42.7 Å². The topological polar surface area (TPSA) is 251 Å². The molecule has 0 bridgehead atoms. The van der Waals surface area contributed by atoms with Crippen molar-refractivity contribution in [1.82, 2.24) is 16.0 Å². The summed E-state index contributed by atoms with van der Waals surface area (Å²) in [4.78, 5) is 70.0. The molecule has 0 aromatic carbocycles. The predicted octanol–water partition coefficient (Wildman–Crippen LogP) is -3.37. The van der Waals surface area contributed by atoms with Crippen LogP contribution >= 0.6 is 0 Å². The Labute approximate surface area is 184 Å². The molecule has 4 amide bonds. The van der Waals surface area contributed by atoms with Crippen LogP contribution in [0.2, 0.25) is 0 Å². The Morgan fingerprint density at radius 2 is 1.47 bits per heavy atom. The number of primary amides is 1. The van der Waals surface area contributed by atoms with E-state index >= 15 is 0 Å². The lowest BCUT2D eigenvalue weighted by Crippen LogP contribution is -2.59. The molecule has 0 aliphatic carbocycles. The summed E-state index contributed by atoms with van der Waals surface area (Å²) in [5.41, 5.74) is 10.6. The van der Waals surface area contributed by atoms with Crippen LogP contribution in [-0.4, -0.2) is 81.7 Å². The molecule has 0 saturated heterocycles. The van der Waals surface area contributed by atoms with Crippen LogP contribution in [0, 0.1) is 5.92 Å². The Kier molecular flexibility index (Phi) is 12.5. The lowest BCUT2D eigenvalue weighted by molar-refractivity contribution is -0.147. The zero-order valence-electron chi connectivity index (χ0n) is 17.9. The Balaban J connectivity index is 5.30. The van der Waals surface area contributed by atoms with Crippen molar-refractivity contribution in [2.45, 2.75) is 63.7 Å². The van der Waals surface area contributed by atoms with Crippen LogP contribution in [0.25, 0.3) is 0 Å². The SMILES string of the molecule is CCC(C)C(NC(=O)C(CO)NC(=O)C(N)CCC(N)=O)C(=O)NC(CC(=O)O)C(=O)O. The molecule has 14 heteroatoms. The second-order valence-electron chi connectivity index (χ2n) is 7.22. The van der Waals surface area contributed by atoms with Crippen molar-refractivity contribution >= 4 is 35.6 Å². The van der Waals surface area contributed by atoms with E-state index in [2.05, 4.69) is 16.0 Å². The molecule has 0 radical (unpaired) electrons. The number of aliphatic hydroxyl groups is 1. The van der Waals surface area contributed by atoms with Crippen molar-refractivity contribution in [3.63, 3.8) is 0 Å². The maximum absolute atomic E-state index is 12.6. The number of amides is 4. The summed E-state index contributed by atoms with van der Waals surface area (Å²) in [6, 6.07) is -5.67. The molecule has 10 N–H and O–H groups in total. The van der Waals surface area contributed by atoms with Crippen molar-refractivity contribution < 1.29 is 44.1 Å². The maximum Gasteiger partial charge on any atom is 0.326 e. The van der Waals surface area contributed by atoms with E-state index in [4.69, 9.17) is 21.7 Å². The number of rotatable bonds is 15. The quantitative estimate of drug-likeness (QED) is 0.120. The third-order valence-electron chi connectivity index (χ3n) is 4.64. The van der Waals surface area contributed by atoms with Gasteiger partial charge in [0.25, 0.3) is 0 Å². The van der Waals surface area contributed by atoms with Crippen molar-refractivity contribution in [1.29, 1.82) is 0 Å². The van der Waals surface area contributed by atoms with Crippen LogP contribution < -0.4 is 27.4 Å². The zero-order valence-corrected chi connectivity index (χ0v) is 17.9. The van der Waals surface area contributed by atoms with Gasteiger partial charge in [0.1, 0.15) is 18.1 Å². The lowest BCUT2D eigenvalue weighted by Gasteiger charge is -2.27. The Bertz CT molecular complexity index is 715. The molecule has 0 spiro atoms. The van der Waals surface area contributed by atoms with Gasteiger partial charge in [0.15, 0.2) is 0 Å². The molecule has 0 aliphatic heterocycles. The van der Waals surface area contributed by atoms with Crippen LogP contribution in [0.3, 0.4) is 0 Å². The highest BCUT2D eigenvalue weighted by atomic mass is 16.4. The van der Waals surface area contributed by atoms with Crippen molar-refractivity contribution in [3.05, 3.63) is 0 Å². The second-order valence-corrected chi connectivity index (χ2v) is 7.22. The van der Waals surface area contributed by atoms with Gasteiger partial charge in [-0.1, -0.05) is 20.3 Å². The summed E-state index contributed by atoms with van der Waals surface area (Å²) in [6.45, 7) is 2.45. The molecule has 0 aromatic heterocycles. The first-order chi connectivity index (χ1) is 14.8.